The zero-order chi connectivity index (χ0) is 13.5. The molecule has 1 atom stereocenters. The van der Waals surface area contributed by atoms with Crippen molar-refractivity contribution in [3.05, 3.63) is 24.3 Å². The number of carboxylic acids is 1. The Kier molecular flexibility index (Phi) is 5.49. The Morgan fingerprint density at radius 2 is 2.06 bits per heavy atom. The second kappa shape index (κ2) is 6.89. The second-order valence-electron chi connectivity index (χ2n) is 4.27. The van der Waals surface area contributed by atoms with E-state index in [0.717, 1.165) is 18.5 Å². The lowest BCUT2D eigenvalue weighted by molar-refractivity contribution is -0.139. The SMILES string of the molecule is CCC(CC)C(Nc1cccc(OC)c1)C(=O)O. The van der Waals surface area contributed by atoms with Crippen LogP contribution in [0, 0.1) is 5.92 Å². The first-order valence-electron chi connectivity index (χ1n) is 6.25. The summed E-state index contributed by atoms with van der Waals surface area (Å²) in [5.41, 5.74) is 0.772. The highest BCUT2D eigenvalue weighted by atomic mass is 16.5. The van der Waals surface area contributed by atoms with Gasteiger partial charge in [-0.1, -0.05) is 32.8 Å². The number of anilines is 1. The maximum absolute atomic E-state index is 11.3. The smallest absolute Gasteiger partial charge is 0.326 e. The van der Waals surface area contributed by atoms with Crippen molar-refractivity contribution < 1.29 is 14.6 Å². The van der Waals surface area contributed by atoms with Crippen LogP contribution in [0.1, 0.15) is 26.7 Å². The predicted octanol–water partition coefficient (Wildman–Crippen LogP) is 3.00. The van der Waals surface area contributed by atoms with E-state index in [1.807, 2.05) is 32.0 Å². The normalized spacial score (nSPS) is 12.2. The molecule has 18 heavy (non-hydrogen) atoms. The number of nitrogens with one attached hydrogen (secondary N) is 1. The van der Waals surface area contributed by atoms with Crippen molar-refractivity contribution in [2.75, 3.05) is 12.4 Å². The summed E-state index contributed by atoms with van der Waals surface area (Å²) in [4.78, 5) is 11.3. The summed E-state index contributed by atoms with van der Waals surface area (Å²) in [7, 11) is 1.59. The maximum Gasteiger partial charge on any atom is 0.326 e. The molecular weight excluding hydrogens is 230 g/mol. The molecule has 0 saturated carbocycles. The molecule has 1 rings (SSSR count). The number of carbonyl (C=O) groups is 1. The van der Waals surface area contributed by atoms with E-state index < -0.39 is 12.0 Å². The molecule has 0 radical (unpaired) electrons. The maximum atomic E-state index is 11.3. The Labute approximate surface area is 108 Å². The van der Waals surface area contributed by atoms with Crippen LogP contribution in [-0.2, 0) is 4.79 Å². The number of hydrogen-bond acceptors (Lipinski definition) is 3. The van der Waals surface area contributed by atoms with Crippen molar-refractivity contribution in [1.82, 2.24) is 0 Å². The molecule has 0 aliphatic carbocycles. The minimum atomic E-state index is -0.813. The van der Waals surface area contributed by atoms with E-state index >= 15 is 0 Å². The molecule has 0 spiro atoms. The minimum absolute atomic E-state index is 0.119. The van der Waals surface area contributed by atoms with Crippen LogP contribution < -0.4 is 10.1 Å². The van der Waals surface area contributed by atoms with Gasteiger partial charge in [0.2, 0.25) is 0 Å². The predicted molar refractivity (Wildman–Crippen MR) is 72.1 cm³/mol. The van der Waals surface area contributed by atoms with Gasteiger partial charge in [0, 0.05) is 11.8 Å². The van der Waals surface area contributed by atoms with Crippen LogP contribution in [0.2, 0.25) is 0 Å². The van der Waals surface area contributed by atoms with E-state index in [1.54, 1.807) is 13.2 Å². The van der Waals surface area contributed by atoms with Crippen molar-refractivity contribution in [2.24, 2.45) is 5.92 Å². The summed E-state index contributed by atoms with van der Waals surface area (Å²) < 4.78 is 5.12. The molecule has 0 heterocycles. The van der Waals surface area contributed by atoms with Gasteiger partial charge in [0.1, 0.15) is 11.8 Å². The van der Waals surface area contributed by atoms with Gasteiger partial charge in [-0.25, -0.2) is 4.79 Å². The van der Waals surface area contributed by atoms with Crippen molar-refractivity contribution in [3.8, 4) is 5.75 Å². The molecule has 0 saturated heterocycles. The molecule has 1 aromatic carbocycles. The van der Waals surface area contributed by atoms with E-state index in [4.69, 9.17) is 4.74 Å². The van der Waals surface area contributed by atoms with Crippen LogP contribution in [0.4, 0.5) is 5.69 Å². The van der Waals surface area contributed by atoms with Crippen LogP contribution in [-0.4, -0.2) is 24.2 Å². The molecule has 0 amide bonds. The number of hydrogen-bond donors (Lipinski definition) is 2. The molecular formula is C14H21NO3. The van der Waals surface area contributed by atoms with Gasteiger partial charge >= 0.3 is 5.97 Å². The Morgan fingerprint density at radius 3 is 2.56 bits per heavy atom. The average molecular weight is 251 g/mol. The third-order valence-corrected chi connectivity index (χ3v) is 3.18. The first-order chi connectivity index (χ1) is 8.62. The lowest BCUT2D eigenvalue weighted by Gasteiger charge is -2.23. The molecule has 4 nitrogen and oxygen atoms in total. The highest BCUT2D eigenvalue weighted by Crippen LogP contribution is 2.22. The van der Waals surface area contributed by atoms with Crippen LogP contribution in [0.5, 0.6) is 5.75 Å². The summed E-state index contributed by atoms with van der Waals surface area (Å²) in [6.07, 6.45) is 1.68. The van der Waals surface area contributed by atoms with Gasteiger partial charge in [-0.3, -0.25) is 0 Å². The highest BCUT2D eigenvalue weighted by Gasteiger charge is 2.25. The van der Waals surface area contributed by atoms with Gasteiger partial charge < -0.3 is 15.2 Å². The zero-order valence-corrected chi connectivity index (χ0v) is 11.1. The summed E-state index contributed by atoms with van der Waals surface area (Å²) in [6, 6.07) is 6.76. The molecule has 2 N–H and O–H groups in total. The lowest BCUT2D eigenvalue weighted by atomic mass is 9.94. The number of benzene rings is 1. The first-order valence-corrected chi connectivity index (χ1v) is 6.25. The molecule has 4 heteroatoms. The fraction of sp³-hybridized carbons (Fsp3) is 0.500. The Balaban J connectivity index is 2.85. The van der Waals surface area contributed by atoms with Gasteiger partial charge in [0.25, 0.3) is 0 Å². The first kappa shape index (κ1) is 14.4. The third-order valence-electron chi connectivity index (χ3n) is 3.18. The molecule has 0 aromatic heterocycles. The van der Waals surface area contributed by atoms with Crippen molar-refractivity contribution in [2.45, 2.75) is 32.7 Å². The fourth-order valence-corrected chi connectivity index (χ4v) is 2.03. The number of carboxylic acid groups (broad SMARTS) is 1. The monoisotopic (exact) mass is 251 g/mol. The van der Waals surface area contributed by atoms with E-state index in [9.17, 15) is 9.90 Å². The van der Waals surface area contributed by atoms with Crippen LogP contribution in [0.15, 0.2) is 24.3 Å². The van der Waals surface area contributed by atoms with Crippen molar-refractivity contribution in [3.63, 3.8) is 0 Å². The van der Waals surface area contributed by atoms with Crippen molar-refractivity contribution in [1.29, 1.82) is 0 Å². The second-order valence-corrected chi connectivity index (χ2v) is 4.27. The van der Waals surface area contributed by atoms with Gasteiger partial charge in [0.05, 0.1) is 7.11 Å². The van der Waals surface area contributed by atoms with Gasteiger partial charge in [-0.15, -0.1) is 0 Å². The number of aliphatic carboxylic acids is 1. The molecule has 100 valence electrons. The van der Waals surface area contributed by atoms with Crippen molar-refractivity contribution >= 4 is 11.7 Å². The molecule has 0 aliphatic rings. The molecule has 0 aliphatic heterocycles. The van der Waals surface area contributed by atoms with Gasteiger partial charge in [0.15, 0.2) is 0 Å². The molecule has 1 aromatic rings. The average Bonchev–Trinajstić information content (AvgIpc) is 2.39. The van der Waals surface area contributed by atoms with E-state index in [0.29, 0.717) is 5.75 Å². The Bertz CT molecular complexity index is 388. The number of rotatable bonds is 7. The van der Waals surface area contributed by atoms with Gasteiger partial charge in [-0.2, -0.15) is 0 Å². The summed E-state index contributed by atoms with van der Waals surface area (Å²) >= 11 is 0. The number of ether oxygens (including phenoxy) is 1. The minimum Gasteiger partial charge on any atom is -0.497 e. The summed E-state index contributed by atoms with van der Waals surface area (Å²) in [5, 5.41) is 12.4. The highest BCUT2D eigenvalue weighted by molar-refractivity contribution is 5.77. The molecule has 1 unspecified atom stereocenters. The largest absolute Gasteiger partial charge is 0.497 e. The zero-order valence-electron chi connectivity index (χ0n) is 11.1. The standard InChI is InChI=1S/C14H21NO3/c1-4-10(5-2)13(14(16)17)15-11-7-6-8-12(9-11)18-3/h6-10,13,15H,4-5H2,1-3H3,(H,16,17). The number of methoxy groups -OCH3 is 1. The quantitative estimate of drug-likeness (QED) is 0.782. The fourth-order valence-electron chi connectivity index (χ4n) is 2.03. The van der Waals surface area contributed by atoms with Crippen LogP contribution in [0.25, 0.3) is 0 Å². The van der Waals surface area contributed by atoms with Crippen LogP contribution in [0.3, 0.4) is 0 Å². The van der Waals surface area contributed by atoms with E-state index in [-0.39, 0.29) is 5.92 Å². The van der Waals surface area contributed by atoms with E-state index in [2.05, 4.69) is 5.32 Å². The third kappa shape index (κ3) is 3.65. The summed E-state index contributed by atoms with van der Waals surface area (Å²) in [5.74, 6) is 0.0221. The lowest BCUT2D eigenvalue weighted by Crippen LogP contribution is -2.36. The topological polar surface area (TPSA) is 58.6 Å². The van der Waals surface area contributed by atoms with E-state index in [1.165, 1.54) is 0 Å². The molecule has 0 bridgehead atoms. The summed E-state index contributed by atoms with van der Waals surface area (Å²) in [6.45, 7) is 4.02. The Morgan fingerprint density at radius 1 is 1.39 bits per heavy atom. The Hall–Kier alpha value is -1.71. The van der Waals surface area contributed by atoms with Gasteiger partial charge in [-0.05, 0) is 18.1 Å². The van der Waals surface area contributed by atoms with Crippen LogP contribution >= 0.6 is 0 Å². The molecule has 0 fully saturated rings.